The van der Waals surface area contributed by atoms with Crippen molar-refractivity contribution in [3.05, 3.63) is 95.9 Å². The maximum atomic E-state index is 12.3. The molecule has 0 atom stereocenters. The molecule has 0 aliphatic carbocycles. The van der Waals surface area contributed by atoms with E-state index < -0.39 is 11.9 Å². The second kappa shape index (κ2) is 9.57. The van der Waals surface area contributed by atoms with E-state index in [1.54, 1.807) is 30.3 Å². The number of hydrogen-bond acceptors (Lipinski definition) is 8. The molecule has 0 N–H and O–H groups in total. The van der Waals surface area contributed by atoms with Crippen LogP contribution in [0.3, 0.4) is 0 Å². The highest BCUT2D eigenvalue weighted by Crippen LogP contribution is 2.29. The van der Waals surface area contributed by atoms with Crippen LogP contribution >= 0.6 is 0 Å². The van der Waals surface area contributed by atoms with E-state index in [1.165, 1.54) is 25.6 Å². The van der Waals surface area contributed by atoms with Gasteiger partial charge in [0.15, 0.2) is 23.0 Å². The van der Waals surface area contributed by atoms with Crippen molar-refractivity contribution in [3.8, 4) is 22.8 Å². The number of methoxy groups -OCH3 is 1. The van der Waals surface area contributed by atoms with Crippen molar-refractivity contribution in [1.29, 1.82) is 0 Å². The highest BCUT2D eigenvalue weighted by atomic mass is 16.6. The summed E-state index contributed by atoms with van der Waals surface area (Å²) >= 11 is 0. The molecule has 0 aliphatic heterocycles. The molecular weight excluding hydrogens is 412 g/mol. The second-order valence-electron chi connectivity index (χ2n) is 6.63. The van der Waals surface area contributed by atoms with Crippen LogP contribution in [0.15, 0.2) is 83.6 Å². The minimum absolute atomic E-state index is 0.0265. The van der Waals surface area contributed by atoms with Crippen molar-refractivity contribution in [2.45, 2.75) is 6.61 Å². The first-order valence-corrected chi connectivity index (χ1v) is 9.62. The molecule has 0 saturated heterocycles. The quantitative estimate of drug-likeness (QED) is 0.316. The minimum atomic E-state index is -0.622. The van der Waals surface area contributed by atoms with Crippen molar-refractivity contribution < 1.29 is 28.3 Å². The predicted molar refractivity (Wildman–Crippen MR) is 113 cm³/mol. The van der Waals surface area contributed by atoms with Crippen LogP contribution < -0.4 is 9.47 Å². The molecule has 0 bridgehead atoms. The highest BCUT2D eigenvalue weighted by Gasteiger charge is 2.17. The number of carbonyl (C=O) groups excluding carboxylic acids is 2. The molecule has 160 valence electrons. The fourth-order valence-electron chi connectivity index (χ4n) is 2.87. The summed E-state index contributed by atoms with van der Waals surface area (Å²) in [6.07, 6.45) is 3.01. The van der Waals surface area contributed by atoms with Crippen molar-refractivity contribution in [2.24, 2.45) is 0 Å². The summed E-state index contributed by atoms with van der Waals surface area (Å²) in [6, 6.07) is 18.8. The van der Waals surface area contributed by atoms with Gasteiger partial charge < -0.3 is 18.7 Å². The smallest absolute Gasteiger partial charge is 0.360 e. The molecule has 8 nitrogen and oxygen atoms in total. The largest absolute Gasteiger partial charge is 0.493 e. The number of hydrogen-bond donors (Lipinski definition) is 0. The number of pyridine rings is 1. The maximum Gasteiger partial charge on any atom is 0.360 e. The van der Waals surface area contributed by atoms with Crippen molar-refractivity contribution in [3.63, 3.8) is 0 Å². The first kappa shape index (κ1) is 20.8. The molecule has 4 rings (SSSR count). The van der Waals surface area contributed by atoms with E-state index in [-0.39, 0.29) is 18.1 Å². The molecule has 8 heteroatoms. The molecule has 0 unspecified atom stereocenters. The van der Waals surface area contributed by atoms with Gasteiger partial charge in [0.25, 0.3) is 0 Å². The molecule has 4 aromatic rings. The maximum absolute atomic E-state index is 12.3. The Bertz CT molecular complexity index is 1220. The molecule has 2 aromatic carbocycles. The van der Waals surface area contributed by atoms with Crippen LogP contribution in [0.2, 0.25) is 0 Å². The van der Waals surface area contributed by atoms with E-state index in [1.807, 2.05) is 30.3 Å². The van der Waals surface area contributed by atoms with Crippen LogP contribution in [-0.4, -0.2) is 29.2 Å². The van der Waals surface area contributed by atoms with Gasteiger partial charge >= 0.3 is 11.9 Å². The van der Waals surface area contributed by atoms with E-state index >= 15 is 0 Å². The normalized spacial score (nSPS) is 10.4. The molecule has 0 fully saturated rings. The van der Waals surface area contributed by atoms with E-state index in [9.17, 15) is 9.59 Å². The van der Waals surface area contributed by atoms with Gasteiger partial charge in [-0.1, -0.05) is 41.6 Å². The summed E-state index contributed by atoms with van der Waals surface area (Å²) in [7, 11) is 1.45. The van der Waals surface area contributed by atoms with Gasteiger partial charge in [-0.3, -0.25) is 4.98 Å². The second-order valence-corrected chi connectivity index (χ2v) is 6.63. The Morgan fingerprint density at radius 2 is 1.69 bits per heavy atom. The SMILES string of the molecule is COc1cc(COC(=O)c2cc(-c3ccccc3)on2)ccc1OC(=O)c1ccncc1. The number of aromatic nitrogens is 2. The Hall–Kier alpha value is -4.46. The zero-order valence-corrected chi connectivity index (χ0v) is 17.1. The zero-order chi connectivity index (χ0) is 22.3. The van der Waals surface area contributed by atoms with Gasteiger partial charge in [0.05, 0.1) is 12.7 Å². The summed E-state index contributed by atoms with van der Waals surface area (Å²) in [5.41, 5.74) is 1.88. The fourth-order valence-corrected chi connectivity index (χ4v) is 2.87. The van der Waals surface area contributed by atoms with Gasteiger partial charge in [0, 0.05) is 24.0 Å². The molecule has 0 spiro atoms. The average Bonchev–Trinajstić information content (AvgIpc) is 3.35. The van der Waals surface area contributed by atoms with Crippen LogP contribution in [0, 0.1) is 0 Å². The van der Waals surface area contributed by atoms with E-state index in [0.717, 1.165) is 5.56 Å². The number of ether oxygens (including phenoxy) is 3. The van der Waals surface area contributed by atoms with Crippen LogP contribution in [-0.2, 0) is 11.3 Å². The Balaban J connectivity index is 1.40. The zero-order valence-electron chi connectivity index (χ0n) is 17.1. The topological polar surface area (TPSA) is 101 Å². The number of carbonyl (C=O) groups is 2. The number of rotatable bonds is 7. The third-order valence-electron chi connectivity index (χ3n) is 4.49. The van der Waals surface area contributed by atoms with Crippen LogP contribution in [0.4, 0.5) is 0 Å². The average molecular weight is 430 g/mol. The summed E-state index contributed by atoms with van der Waals surface area (Å²) in [6.45, 7) is -0.0265. The summed E-state index contributed by atoms with van der Waals surface area (Å²) in [5.74, 6) is -0.116. The first-order chi connectivity index (χ1) is 15.6. The van der Waals surface area contributed by atoms with Crippen LogP contribution in [0.1, 0.15) is 26.4 Å². The molecule has 0 saturated carbocycles. The lowest BCUT2D eigenvalue weighted by atomic mass is 10.2. The van der Waals surface area contributed by atoms with Crippen molar-refractivity contribution >= 4 is 11.9 Å². The fraction of sp³-hybridized carbons (Fsp3) is 0.0833. The van der Waals surface area contributed by atoms with E-state index in [0.29, 0.717) is 22.6 Å². The molecule has 0 aliphatic rings. The Morgan fingerprint density at radius 1 is 0.906 bits per heavy atom. The van der Waals surface area contributed by atoms with Crippen molar-refractivity contribution in [1.82, 2.24) is 10.1 Å². The predicted octanol–water partition coefficient (Wildman–Crippen LogP) is 4.32. The minimum Gasteiger partial charge on any atom is -0.493 e. The summed E-state index contributed by atoms with van der Waals surface area (Å²) in [5, 5.41) is 3.78. The monoisotopic (exact) mass is 430 g/mol. The molecule has 32 heavy (non-hydrogen) atoms. The lowest BCUT2D eigenvalue weighted by Crippen LogP contribution is -2.10. The highest BCUT2D eigenvalue weighted by molar-refractivity contribution is 5.91. The van der Waals surface area contributed by atoms with E-state index in [4.69, 9.17) is 18.7 Å². The Kier molecular flexibility index (Phi) is 6.22. The van der Waals surface area contributed by atoms with Gasteiger partial charge in [0.2, 0.25) is 0 Å². The van der Waals surface area contributed by atoms with Crippen molar-refractivity contribution in [2.75, 3.05) is 7.11 Å². The number of nitrogens with zero attached hydrogens (tertiary/aromatic N) is 2. The van der Waals surface area contributed by atoms with Gasteiger partial charge in [0.1, 0.15) is 6.61 Å². The van der Waals surface area contributed by atoms with Gasteiger partial charge in [-0.2, -0.15) is 0 Å². The Labute approximate surface area is 183 Å². The molecule has 0 radical (unpaired) electrons. The molecular formula is C24H18N2O6. The van der Waals surface area contributed by atoms with Crippen LogP contribution in [0.5, 0.6) is 11.5 Å². The Morgan fingerprint density at radius 3 is 2.44 bits per heavy atom. The number of benzene rings is 2. The van der Waals surface area contributed by atoms with Crippen LogP contribution in [0.25, 0.3) is 11.3 Å². The lowest BCUT2D eigenvalue weighted by Gasteiger charge is -2.11. The van der Waals surface area contributed by atoms with Gasteiger partial charge in [-0.05, 0) is 29.8 Å². The van der Waals surface area contributed by atoms with Gasteiger partial charge in [-0.15, -0.1) is 0 Å². The van der Waals surface area contributed by atoms with E-state index in [2.05, 4.69) is 10.1 Å². The van der Waals surface area contributed by atoms with Gasteiger partial charge in [-0.25, -0.2) is 9.59 Å². The lowest BCUT2D eigenvalue weighted by molar-refractivity contribution is 0.0460. The molecule has 2 heterocycles. The first-order valence-electron chi connectivity index (χ1n) is 9.62. The molecule has 0 amide bonds. The number of esters is 2. The third kappa shape index (κ3) is 4.81. The summed E-state index contributed by atoms with van der Waals surface area (Å²) < 4.78 is 21.3. The standard InChI is InChI=1S/C24H18N2O6/c1-29-22-13-16(7-8-20(22)31-23(27)18-9-11-25-12-10-18)15-30-24(28)19-14-21(32-26-19)17-5-3-2-4-6-17/h2-14H,15H2,1H3. The third-order valence-corrected chi connectivity index (χ3v) is 4.49. The summed E-state index contributed by atoms with van der Waals surface area (Å²) in [4.78, 5) is 28.5. The molecule has 2 aromatic heterocycles.